The number of rotatable bonds is 4. The molecular formula is C18H16Cl2N2O3. The molecule has 7 heteroatoms. The van der Waals surface area contributed by atoms with Gasteiger partial charge in [0.15, 0.2) is 0 Å². The zero-order valence-electron chi connectivity index (χ0n) is 13.7. The number of nitrogens with zero attached hydrogens (tertiary/aromatic N) is 1. The van der Waals surface area contributed by atoms with Crippen LogP contribution < -0.4 is 15.0 Å². The molecule has 0 aliphatic carbocycles. The molecule has 1 heterocycles. The van der Waals surface area contributed by atoms with Gasteiger partial charge in [-0.25, -0.2) is 0 Å². The van der Waals surface area contributed by atoms with Crippen molar-refractivity contribution in [2.24, 2.45) is 0 Å². The van der Waals surface area contributed by atoms with Gasteiger partial charge < -0.3 is 15.0 Å². The molecule has 1 aliphatic rings. The minimum Gasteiger partial charge on any atom is -0.496 e. The van der Waals surface area contributed by atoms with Crippen molar-refractivity contribution in [3.63, 3.8) is 0 Å². The number of ether oxygens (including phenoxy) is 1. The van der Waals surface area contributed by atoms with Gasteiger partial charge in [0.1, 0.15) is 11.8 Å². The van der Waals surface area contributed by atoms with Gasteiger partial charge in [-0.15, -0.1) is 0 Å². The van der Waals surface area contributed by atoms with Crippen molar-refractivity contribution in [1.29, 1.82) is 0 Å². The zero-order chi connectivity index (χ0) is 18.1. The minimum atomic E-state index is -0.853. The Kier molecular flexibility index (Phi) is 4.88. The van der Waals surface area contributed by atoms with Crippen LogP contribution in [0.25, 0.3) is 0 Å². The Morgan fingerprint density at radius 2 is 1.88 bits per heavy atom. The molecule has 0 saturated heterocycles. The third-order valence-corrected chi connectivity index (χ3v) is 4.69. The van der Waals surface area contributed by atoms with Crippen LogP contribution in [0.4, 0.5) is 5.69 Å². The van der Waals surface area contributed by atoms with Gasteiger partial charge in [0.2, 0.25) is 5.91 Å². The van der Waals surface area contributed by atoms with Crippen LogP contribution in [0.3, 0.4) is 0 Å². The number of benzene rings is 2. The van der Waals surface area contributed by atoms with Gasteiger partial charge in [0, 0.05) is 23.1 Å². The molecule has 2 amide bonds. The molecule has 0 bridgehead atoms. The van der Waals surface area contributed by atoms with Crippen molar-refractivity contribution in [2.45, 2.75) is 19.5 Å². The molecule has 0 unspecified atom stereocenters. The van der Waals surface area contributed by atoms with Crippen molar-refractivity contribution >= 4 is 40.7 Å². The first-order chi connectivity index (χ1) is 11.9. The number of amides is 2. The topological polar surface area (TPSA) is 58.6 Å². The van der Waals surface area contributed by atoms with E-state index >= 15 is 0 Å². The Labute approximate surface area is 155 Å². The summed E-state index contributed by atoms with van der Waals surface area (Å²) in [5.74, 6) is 0.0589. The Morgan fingerprint density at radius 3 is 2.56 bits per heavy atom. The molecule has 130 valence electrons. The molecule has 0 spiro atoms. The first-order valence-electron chi connectivity index (χ1n) is 7.62. The largest absolute Gasteiger partial charge is 0.496 e. The SMILES string of the molecule is COc1ccccc1CN1C(=O)[C@@H](NC(C)=O)c2c(Cl)ccc(Cl)c21. The quantitative estimate of drug-likeness (QED) is 0.881. The van der Waals surface area contributed by atoms with Gasteiger partial charge >= 0.3 is 0 Å². The molecule has 0 fully saturated rings. The van der Waals surface area contributed by atoms with Crippen LogP contribution in [-0.2, 0) is 16.1 Å². The molecule has 1 N–H and O–H groups in total. The van der Waals surface area contributed by atoms with E-state index in [1.54, 1.807) is 19.2 Å². The predicted octanol–water partition coefficient (Wildman–Crippen LogP) is 3.73. The van der Waals surface area contributed by atoms with Gasteiger partial charge in [-0.3, -0.25) is 9.59 Å². The summed E-state index contributed by atoms with van der Waals surface area (Å²) in [7, 11) is 1.57. The van der Waals surface area contributed by atoms with E-state index in [4.69, 9.17) is 27.9 Å². The van der Waals surface area contributed by atoms with E-state index in [1.165, 1.54) is 11.8 Å². The van der Waals surface area contributed by atoms with E-state index in [1.807, 2.05) is 24.3 Å². The minimum absolute atomic E-state index is 0.256. The maximum Gasteiger partial charge on any atom is 0.254 e. The molecule has 25 heavy (non-hydrogen) atoms. The van der Waals surface area contributed by atoms with Crippen molar-refractivity contribution in [3.8, 4) is 5.75 Å². The van der Waals surface area contributed by atoms with E-state index in [9.17, 15) is 9.59 Å². The zero-order valence-corrected chi connectivity index (χ0v) is 15.2. The standard InChI is InChI=1S/C18H16Cl2N2O3/c1-10(23)21-16-15-12(19)7-8-13(20)17(15)22(18(16)24)9-11-5-3-4-6-14(11)25-2/h3-8,16H,9H2,1-2H3,(H,21,23)/t16-/m0/s1. The number of hydrogen-bond donors (Lipinski definition) is 1. The number of nitrogens with one attached hydrogen (secondary N) is 1. The molecule has 3 rings (SSSR count). The summed E-state index contributed by atoms with van der Waals surface area (Å²) in [5, 5.41) is 3.44. The lowest BCUT2D eigenvalue weighted by Crippen LogP contribution is -2.36. The van der Waals surface area contributed by atoms with Crippen LogP contribution in [0.5, 0.6) is 5.75 Å². The van der Waals surface area contributed by atoms with Gasteiger partial charge in [-0.1, -0.05) is 41.4 Å². The summed E-state index contributed by atoms with van der Waals surface area (Å²) < 4.78 is 5.36. The molecule has 0 radical (unpaired) electrons. The monoisotopic (exact) mass is 378 g/mol. The second kappa shape index (κ2) is 6.94. The van der Waals surface area contributed by atoms with Crippen LogP contribution in [0, 0.1) is 0 Å². The molecular weight excluding hydrogens is 363 g/mol. The molecule has 2 aromatic rings. The summed E-state index contributed by atoms with van der Waals surface area (Å²) in [6.07, 6.45) is 0. The average Bonchev–Trinajstić information content (AvgIpc) is 2.85. The number of para-hydroxylation sites is 1. The Morgan fingerprint density at radius 1 is 1.20 bits per heavy atom. The average molecular weight is 379 g/mol. The molecule has 1 aliphatic heterocycles. The number of methoxy groups -OCH3 is 1. The van der Waals surface area contributed by atoms with Gasteiger partial charge in [0.25, 0.3) is 5.91 Å². The summed E-state index contributed by atoms with van der Waals surface area (Å²) >= 11 is 12.6. The maximum atomic E-state index is 13.0. The van der Waals surface area contributed by atoms with Crippen LogP contribution in [0.1, 0.15) is 24.1 Å². The van der Waals surface area contributed by atoms with Crippen LogP contribution in [0.15, 0.2) is 36.4 Å². The lowest BCUT2D eigenvalue weighted by Gasteiger charge is -2.20. The Balaban J connectivity index is 2.08. The van der Waals surface area contributed by atoms with Crippen LogP contribution in [-0.4, -0.2) is 18.9 Å². The van der Waals surface area contributed by atoms with Crippen molar-refractivity contribution in [1.82, 2.24) is 5.32 Å². The van der Waals surface area contributed by atoms with Gasteiger partial charge in [-0.05, 0) is 18.2 Å². The number of carbonyl (C=O) groups is 2. The van der Waals surface area contributed by atoms with E-state index in [0.717, 1.165) is 5.56 Å². The third kappa shape index (κ3) is 3.17. The van der Waals surface area contributed by atoms with E-state index < -0.39 is 6.04 Å². The number of carbonyl (C=O) groups excluding carboxylic acids is 2. The molecule has 2 aromatic carbocycles. The van der Waals surface area contributed by atoms with Crippen molar-refractivity contribution in [2.75, 3.05) is 12.0 Å². The lowest BCUT2D eigenvalue weighted by atomic mass is 10.1. The predicted molar refractivity (Wildman–Crippen MR) is 97.2 cm³/mol. The fourth-order valence-corrected chi connectivity index (χ4v) is 3.52. The molecule has 1 atom stereocenters. The number of halogens is 2. The highest BCUT2D eigenvalue weighted by Crippen LogP contribution is 2.45. The normalized spacial score (nSPS) is 15.9. The first kappa shape index (κ1) is 17.6. The van der Waals surface area contributed by atoms with Gasteiger partial charge in [-0.2, -0.15) is 0 Å². The smallest absolute Gasteiger partial charge is 0.254 e. The highest BCUT2D eigenvalue weighted by Gasteiger charge is 2.41. The second-order valence-corrected chi connectivity index (χ2v) is 6.48. The van der Waals surface area contributed by atoms with E-state index in [0.29, 0.717) is 27.0 Å². The number of hydrogen-bond acceptors (Lipinski definition) is 3. The molecule has 0 aromatic heterocycles. The van der Waals surface area contributed by atoms with Crippen LogP contribution in [0.2, 0.25) is 10.0 Å². The summed E-state index contributed by atoms with van der Waals surface area (Å²) in [6, 6.07) is 9.82. The highest BCUT2D eigenvalue weighted by atomic mass is 35.5. The maximum absolute atomic E-state index is 13.0. The van der Waals surface area contributed by atoms with E-state index in [2.05, 4.69) is 5.32 Å². The van der Waals surface area contributed by atoms with Gasteiger partial charge in [0.05, 0.1) is 24.4 Å². The highest BCUT2D eigenvalue weighted by molar-refractivity contribution is 6.38. The Bertz CT molecular complexity index is 854. The van der Waals surface area contributed by atoms with E-state index in [-0.39, 0.29) is 18.4 Å². The third-order valence-electron chi connectivity index (χ3n) is 4.05. The lowest BCUT2D eigenvalue weighted by molar-refractivity contribution is -0.126. The van der Waals surface area contributed by atoms with Crippen molar-refractivity contribution in [3.05, 3.63) is 57.6 Å². The number of anilines is 1. The summed E-state index contributed by atoms with van der Waals surface area (Å²) in [4.78, 5) is 26.0. The van der Waals surface area contributed by atoms with Crippen LogP contribution >= 0.6 is 23.2 Å². The summed E-state index contributed by atoms with van der Waals surface area (Å²) in [6.45, 7) is 1.61. The first-order valence-corrected chi connectivity index (χ1v) is 8.38. The second-order valence-electron chi connectivity index (χ2n) is 5.66. The fourth-order valence-electron chi connectivity index (χ4n) is 2.99. The molecule has 0 saturated carbocycles. The fraction of sp³-hybridized carbons (Fsp3) is 0.222. The Hall–Kier alpha value is -2.24. The summed E-state index contributed by atoms with van der Waals surface area (Å²) in [5.41, 5.74) is 1.86. The number of fused-ring (bicyclic) bond motifs is 1. The van der Waals surface area contributed by atoms with Crippen molar-refractivity contribution < 1.29 is 14.3 Å². The molecule has 5 nitrogen and oxygen atoms in total.